The van der Waals surface area contributed by atoms with Crippen LogP contribution in [-0.2, 0) is 0 Å². The first-order chi connectivity index (χ1) is 10.5. The fourth-order valence-corrected chi connectivity index (χ4v) is 2.24. The molecule has 2 aromatic rings. The van der Waals surface area contributed by atoms with Crippen molar-refractivity contribution in [3.8, 4) is 0 Å². The first-order valence-corrected chi connectivity index (χ1v) is 6.92. The van der Waals surface area contributed by atoms with Crippen LogP contribution in [0.1, 0.15) is 39.4 Å². The molecule has 0 radical (unpaired) electrons. The molecular formula is C16H18N4O2. The minimum Gasteiger partial charge on any atom is -0.364 e. The number of carbonyl (C=O) groups excluding carboxylic acids is 2. The van der Waals surface area contributed by atoms with Gasteiger partial charge in [-0.3, -0.25) is 9.59 Å². The summed E-state index contributed by atoms with van der Waals surface area (Å²) in [4.78, 5) is 33.1. The Labute approximate surface area is 129 Å². The number of nitrogens with zero attached hydrogens (tertiary/aromatic N) is 3. The lowest BCUT2D eigenvalue weighted by Gasteiger charge is -2.22. The Morgan fingerprint density at radius 2 is 1.73 bits per heavy atom. The molecule has 114 valence electrons. The van der Waals surface area contributed by atoms with E-state index in [2.05, 4.69) is 9.97 Å². The third kappa shape index (κ3) is 3.46. The van der Waals surface area contributed by atoms with Gasteiger partial charge in [-0.1, -0.05) is 37.3 Å². The zero-order valence-corrected chi connectivity index (χ0v) is 12.6. The summed E-state index contributed by atoms with van der Waals surface area (Å²) in [5, 5.41) is 0. The molecule has 22 heavy (non-hydrogen) atoms. The normalized spacial score (nSPS) is 11.7. The van der Waals surface area contributed by atoms with Crippen molar-refractivity contribution in [1.82, 2.24) is 14.9 Å². The van der Waals surface area contributed by atoms with E-state index in [4.69, 9.17) is 5.73 Å². The maximum atomic E-state index is 12.5. The van der Waals surface area contributed by atoms with Gasteiger partial charge in [-0.15, -0.1) is 0 Å². The van der Waals surface area contributed by atoms with Crippen LogP contribution >= 0.6 is 0 Å². The fraction of sp³-hybridized carbons (Fsp3) is 0.250. The Kier molecular flexibility index (Phi) is 4.83. The van der Waals surface area contributed by atoms with Crippen molar-refractivity contribution in [3.63, 3.8) is 0 Å². The van der Waals surface area contributed by atoms with Crippen LogP contribution in [0.4, 0.5) is 0 Å². The van der Waals surface area contributed by atoms with Crippen LogP contribution in [-0.4, -0.2) is 40.3 Å². The second-order valence-electron chi connectivity index (χ2n) is 5.12. The Balaban J connectivity index is 2.15. The van der Waals surface area contributed by atoms with E-state index >= 15 is 0 Å². The van der Waals surface area contributed by atoms with Crippen LogP contribution in [0, 0.1) is 0 Å². The van der Waals surface area contributed by atoms with E-state index in [0.29, 0.717) is 6.54 Å². The van der Waals surface area contributed by atoms with E-state index in [-0.39, 0.29) is 23.2 Å². The maximum absolute atomic E-state index is 12.5. The van der Waals surface area contributed by atoms with Gasteiger partial charge >= 0.3 is 0 Å². The number of primary amides is 1. The van der Waals surface area contributed by atoms with E-state index in [1.807, 2.05) is 37.3 Å². The third-order valence-electron chi connectivity index (χ3n) is 3.40. The first-order valence-electron chi connectivity index (χ1n) is 6.92. The second-order valence-corrected chi connectivity index (χ2v) is 5.12. The molecule has 0 fully saturated rings. The van der Waals surface area contributed by atoms with Crippen LogP contribution in [0.5, 0.6) is 0 Å². The number of hydrogen-bond donors (Lipinski definition) is 1. The van der Waals surface area contributed by atoms with Crippen LogP contribution in [0.25, 0.3) is 0 Å². The smallest absolute Gasteiger partial charge is 0.274 e. The average molecular weight is 298 g/mol. The summed E-state index contributed by atoms with van der Waals surface area (Å²) >= 11 is 0. The molecule has 1 aromatic heterocycles. The van der Waals surface area contributed by atoms with Crippen molar-refractivity contribution < 1.29 is 9.59 Å². The predicted octanol–water partition coefficient (Wildman–Crippen LogP) is 1.45. The quantitative estimate of drug-likeness (QED) is 0.904. The molecule has 1 heterocycles. The Morgan fingerprint density at radius 1 is 1.14 bits per heavy atom. The molecule has 0 saturated heterocycles. The summed E-state index contributed by atoms with van der Waals surface area (Å²) in [6.07, 6.45) is 2.71. The molecule has 6 nitrogen and oxygen atoms in total. The average Bonchev–Trinajstić information content (AvgIpc) is 2.54. The summed E-state index contributed by atoms with van der Waals surface area (Å²) in [6, 6.07) is 9.90. The second kappa shape index (κ2) is 6.80. The zero-order valence-electron chi connectivity index (χ0n) is 12.6. The van der Waals surface area contributed by atoms with Crippen LogP contribution in [0.2, 0.25) is 0 Å². The molecule has 2 N–H and O–H groups in total. The lowest BCUT2D eigenvalue weighted by Crippen LogP contribution is -2.33. The van der Waals surface area contributed by atoms with Gasteiger partial charge in [0.25, 0.3) is 11.8 Å². The van der Waals surface area contributed by atoms with Gasteiger partial charge in [0.1, 0.15) is 0 Å². The topological polar surface area (TPSA) is 89.2 Å². The molecule has 6 heteroatoms. The number of hydrogen-bond acceptors (Lipinski definition) is 4. The molecule has 0 bridgehead atoms. The van der Waals surface area contributed by atoms with Crippen LogP contribution < -0.4 is 5.73 Å². The number of amides is 2. The number of carbonyl (C=O) groups is 2. The summed E-state index contributed by atoms with van der Waals surface area (Å²) in [5.74, 6) is -0.977. The van der Waals surface area contributed by atoms with Gasteiger partial charge in [-0.2, -0.15) is 0 Å². The highest BCUT2D eigenvalue weighted by Crippen LogP contribution is 2.16. The minimum atomic E-state index is -0.763. The van der Waals surface area contributed by atoms with Gasteiger partial charge in [0, 0.05) is 26.0 Å². The standard InChI is InChI=1S/C16H18N4O2/c1-11(12-6-4-3-5-7-12)10-20(2)16(22)14-13(15(17)21)18-8-9-19-14/h3-9,11H,10H2,1-2H3,(H2,17,21)/t11-/m1/s1. The van der Waals surface area contributed by atoms with E-state index in [9.17, 15) is 9.59 Å². The summed E-state index contributed by atoms with van der Waals surface area (Å²) in [7, 11) is 1.67. The Hall–Kier alpha value is -2.76. The number of likely N-dealkylation sites (N-methyl/N-ethyl adjacent to an activating group) is 1. The zero-order chi connectivity index (χ0) is 16.1. The summed E-state index contributed by atoms with van der Waals surface area (Å²) in [5.41, 5.74) is 6.25. The van der Waals surface area contributed by atoms with Gasteiger partial charge in [-0.05, 0) is 11.5 Å². The SMILES string of the molecule is C[C@H](CN(C)C(=O)c1nccnc1C(N)=O)c1ccccc1. The molecule has 2 rings (SSSR count). The number of nitrogens with two attached hydrogens (primary N) is 1. The van der Waals surface area contributed by atoms with Gasteiger partial charge < -0.3 is 10.6 Å². The van der Waals surface area contributed by atoms with Gasteiger partial charge in [-0.25, -0.2) is 9.97 Å². The molecule has 0 unspecified atom stereocenters. The highest BCUT2D eigenvalue weighted by Gasteiger charge is 2.22. The van der Waals surface area contributed by atoms with E-state index < -0.39 is 5.91 Å². The van der Waals surface area contributed by atoms with Crippen LogP contribution in [0.3, 0.4) is 0 Å². The van der Waals surface area contributed by atoms with E-state index in [1.165, 1.54) is 17.3 Å². The van der Waals surface area contributed by atoms with Gasteiger partial charge in [0.2, 0.25) is 0 Å². The molecule has 1 atom stereocenters. The van der Waals surface area contributed by atoms with Gasteiger partial charge in [0.15, 0.2) is 11.4 Å². The van der Waals surface area contributed by atoms with Crippen molar-refractivity contribution in [3.05, 3.63) is 59.7 Å². The number of rotatable bonds is 5. The molecule has 1 aromatic carbocycles. The molecule has 0 spiro atoms. The number of aromatic nitrogens is 2. The monoisotopic (exact) mass is 298 g/mol. The minimum absolute atomic E-state index is 0.0160. The summed E-state index contributed by atoms with van der Waals surface area (Å²) in [6.45, 7) is 2.53. The molecular weight excluding hydrogens is 280 g/mol. The lowest BCUT2D eigenvalue weighted by atomic mass is 10.0. The van der Waals surface area contributed by atoms with Crippen molar-refractivity contribution in [2.75, 3.05) is 13.6 Å². The Morgan fingerprint density at radius 3 is 2.32 bits per heavy atom. The molecule has 0 aliphatic heterocycles. The molecule has 0 aliphatic carbocycles. The lowest BCUT2D eigenvalue weighted by molar-refractivity contribution is 0.0775. The predicted molar refractivity (Wildman–Crippen MR) is 82.4 cm³/mol. The van der Waals surface area contributed by atoms with Crippen molar-refractivity contribution >= 4 is 11.8 Å². The van der Waals surface area contributed by atoms with E-state index in [0.717, 1.165) is 5.56 Å². The summed E-state index contributed by atoms with van der Waals surface area (Å²) < 4.78 is 0. The largest absolute Gasteiger partial charge is 0.364 e. The third-order valence-corrected chi connectivity index (χ3v) is 3.40. The Bertz CT molecular complexity index is 673. The van der Waals surface area contributed by atoms with Gasteiger partial charge in [0.05, 0.1) is 0 Å². The highest BCUT2D eigenvalue weighted by molar-refractivity contribution is 6.03. The van der Waals surface area contributed by atoms with Crippen molar-refractivity contribution in [2.24, 2.45) is 5.73 Å². The van der Waals surface area contributed by atoms with Crippen LogP contribution in [0.15, 0.2) is 42.7 Å². The first kappa shape index (κ1) is 15.6. The molecule has 2 amide bonds. The van der Waals surface area contributed by atoms with Crippen molar-refractivity contribution in [1.29, 1.82) is 0 Å². The number of benzene rings is 1. The maximum Gasteiger partial charge on any atom is 0.274 e. The molecule has 0 aliphatic rings. The molecule has 0 saturated carbocycles. The fourth-order valence-electron chi connectivity index (χ4n) is 2.24. The van der Waals surface area contributed by atoms with E-state index in [1.54, 1.807) is 7.05 Å². The highest BCUT2D eigenvalue weighted by atomic mass is 16.2. The van der Waals surface area contributed by atoms with Crippen molar-refractivity contribution in [2.45, 2.75) is 12.8 Å².